The SMILES string of the molecule is CC(=O)Nc1cc2[nH]cnc2c(Br)n1. The number of rotatable bonds is 1. The highest BCUT2D eigenvalue weighted by Gasteiger charge is 2.06. The Morgan fingerprint density at radius 3 is 3.14 bits per heavy atom. The molecule has 14 heavy (non-hydrogen) atoms. The molecule has 0 aromatic carbocycles. The van der Waals surface area contributed by atoms with Crippen LogP contribution in [-0.2, 0) is 4.79 Å². The van der Waals surface area contributed by atoms with Crippen molar-refractivity contribution in [3.63, 3.8) is 0 Å². The van der Waals surface area contributed by atoms with Crippen LogP contribution in [-0.4, -0.2) is 20.9 Å². The molecule has 0 bridgehead atoms. The summed E-state index contributed by atoms with van der Waals surface area (Å²) in [5, 5.41) is 2.60. The molecule has 0 saturated heterocycles. The topological polar surface area (TPSA) is 70.7 Å². The highest BCUT2D eigenvalue weighted by Crippen LogP contribution is 2.21. The van der Waals surface area contributed by atoms with E-state index in [1.807, 2.05) is 0 Å². The van der Waals surface area contributed by atoms with Crippen molar-refractivity contribution >= 4 is 38.7 Å². The number of anilines is 1. The van der Waals surface area contributed by atoms with Gasteiger partial charge in [-0.1, -0.05) is 0 Å². The maximum atomic E-state index is 10.8. The summed E-state index contributed by atoms with van der Waals surface area (Å²) in [6.45, 7) is 1.44. The number of nitrogens with zero attached hydrogens (tertiary/aromatic N) is 2. The van der Waals surface area contributed by atoms with Crippen LogP contribution in [0.15, 0.2) is 17.0 Å². The standard InChI is InChI=1S/C8H7BrN4O/c1-4(14)12-6-2-5-7(8(9)13-6)11-3-10-5/h2-3H,1H3,(H,10,11)(H,12,13,14). The minimum atomic E-state index is -0.150. The van der Waals surface area contributed by atoms with E-state index in [-0.39, 0.29) is 5.91 Å². The van der Waals surface area contributed by atoms with Gasteiger partial charge in [-0.2, -0.15) is 0 Å². The van der Waals surface area contributed by atoms with Gasteiger partial charge in [-0.05, 0) is 15.9 Å². The van der Waals surface area contributed by atoms with Crippen LogP contribution in [0.5, 0.6) is 0 Å². The Balaban J connectivity index is 2.53. The van der Waals surface area contributed by atoms with E-state index < -0.39 is 0 Å². The Kier molecular flexibility index (Phi) is 2.20. The first-order valence-corrected chi connectivity index (χ1v) is 4.73. The number of carbonyl (C=O) groups is 1. The molecule has 0 aliphatic heterocycles. The second-order valence-corrected chi connectivity index (χ2v) is 3.53. The van der Waals surface area contributed by atoms with Gasteiger partial charge in [-0.25, -0.2) is 9.97 Å². The Hall–Kier alpha value is -1.43. The number of fused-ring (bicyclic) bond motifs is 1. The fourth-order valence-electron chi connectivity index (χ4n) is 1.15. The van der Waals surface area contributed by atoms with E-state index in [1.165, 1.54) is 6.92 Å². The number of carbonyl (C=O) groups excluding carboxylic acids is 1. The minimum Gasteiger partial charge on any atom is -0.344 e. The van der Waals surface area contributed by atoms with Crippen LogP contribution in [0.2, 0.25) is 0 Å². The summed E-state index contributed by atoms with van der Waals surface area (Å²) in [6, 6.07) is 1.73. The lowest BCUT2D eigenvalue weighted by Crippen LogP contribution is -2.07. The first-order valence-electron chi connectivity index (χ1n) is 3.94. The quantitative estimate of drug-likeness (QED) is 0.761. The number of aromatic nitrogens is 3. The normalized spacial score (nSPS) is 10.4. The third-order valence-electron chi connectivity index (χ3n) is 1.67. The molecule has 5 nitrogen and oxygen atoms in total. The van der Waals surface area contributed by atoms with Crippen LogP contribution in [0, 0.1) is 0 Å². The summed E-state index contributed by atoms with van der Waals surface area (Å²) in [6.07, 6.45) is 1.58. The summed E-state index contributed by atoms with van der Waals surface area (Å²) >= 11 is 3.27. The number of H-pyrrole nitrogens is 1. The zero-order valence-corrected chi connectivity index (χ0v) is 8.92. The van der Waals surface area contributed by atoms with E-state index in [0.29, 0.717) is 10.4 Å². The average molecular weight is 255 g/mol. The molecule has 0 atom stereocenters. The van der Waals surface area contributed by atoms with Crippen molar-refractivity contribution in [3.05, 3.63) is 17.0 Å². The Bertz CT molecular complexity index is 493. The highest BCUT2D eigenvalue weighted by molar-refractivity contribution is 9.10. The largest absolute Gasteiger partial charge is 0.344 e. The molecule has 1 amide bonds. The van der Waals surface area contributed by atoms with Gasteiger partial charge in [-0.3, -0.25) is 4.79 Å². The number of amides is 1. The molecule has 2 aromatic rings. The molecule has 0 spiro atoms. The van der Waals surface area contributed by atoms with Crippen molar-refractivity contribution in [3.8, 4) is 0 Å². The highest BCUT2D eigenvalue weighted by atomic mass is 79.9. The minimum absolute atomic E-state index is 0.150. The maximum absolute atomic E-state index is 10.8. The lowest BCUT2D eigenvalue weighted by atomic mass is 10.4. The fraction of sp³-hybridized carbons (Fsp3) is 0.125. The molecule has 72 valence electrons. The zero-order valence-electron chi connectivity index (χ0n) is 7.34. The van der Waals surface area contributed by atoms with E-state index >= 15 is 0 Å². The lowest BCUT2D eigenvalue weighted by molar-refractivity contribution is -0.114. The molecule has 2 aromatic heterocycles. The van der Waals surface area contributed by atoms with Crippen molar-refractivity contribution in [2.45, 2.75) is 6.92 Å². The second-order valence-electron chi connectivity index (χ2n) is 2.78. The Labute approximate surface area is 88.1 Å². The molecule has 2 rings (SSSR count). The van der Waals surface area contributed by atoms with Crippen LogP contribution in [0.25, 0.3) is 11.0 Å². The number of nitrogens with one attached hydrogen (secondary N) is 2. The molecular formula is C8H7BrN4O. The number of aromatic amines is 1. The summed E-state index contributed by atoms with van der Waals surface area (Å²) < 4.78 is 0.611. The third kappa shape index (κ3) is 1.60. The maximum Gasteiger partial charge on any atom is 0.222 e. The number of hydrogen-bond acceptors (Lipinski definition) is 3. The summed E-state index contributed by atoms with van der Waals surface area (Å²) in [5.74, 6) is 0.351. The zero-order chi connectivity index (χ0) is 10.1. The van der Waals surface area contributed by atoms with Crippen LogP contribution in [0.4, 0.5) is 5.82 Å². The molecule has 0 radical (unpaired) electrons. The van der Waals surface area contributed by atoms with Gasteiger partial charge >= 0.3 is 0 Å². The van der Waals surface area contributed by atoms with Gasteiger partial charge in [0, 0.05) is 13.0 Å². The van der Waals surface area contributed by atoms with Crippen molar-refractivity contribution in [1.82, 2.24) is 15.0 Å². The molecule has 0 saturated carbocycles. The Morgan fingerprint density at radius 1 is 1.64 bits per heavy atom. The predicted octanol–water partition coefficient (Wildman–Crippen LogP) is 1.68. The third-order valence-corrected chi connectivity index (χ3v) is 2.22. The van der Waals surface area contributed by atoms with Crippen LogP contribution < -0.4 is 5.32 Å². The molecule has 0 aliphatic carbocycles. The van der Waals surface area contributed by atoms with E-state index in [0.717, 1.165) is 11.0 Å². The second kappa shape index (κ2) is 3.38. The van der Waals surface area contributed by atoms with E-state index in [2.05, 4.69) is 36.2 Å². The molecular weight excluding hydrogens is 248 g/mol. The fourth-order valence-corrected chi connectivity index (χ4v) is 1.66. The summed E-state index contributed by atoms with van der Waals surface area (Å²) in [4.78, 5) is 21.9. The first kappa shape index (κ1) is 9.14. The van der Waals surface area contributed by atoms with Gasteiger partial charge in [-0.15, -0.1) is 0 Å². The van der Waals surface area contributed by atoms with Gasteiger partial charge in [0.05, 0.1) is 11.8 Å². The van der Waals surface area contributed by atoms with Gasteiger partial charge in [0.25, 0.3) is 0 Å². The van der Waals surface area contributed by atoms with Crippen molar-refractivity contribution in [2.75, 3.05) is 5.32 Å². The average Bonchev–Trinajstić information content (AvgIpc) is 2.50. The molecule has 0 aliphatic rings. The number of imidazole rings is 1. The first-order chi connectivity index (χ1) is 6.66. The van der Waals surface area contributed by atoms with Gasteiger partial charge in [0.15, 0.2) is 0 Å². The van der Waals surface area contributed by atoms with Crippen molar-refractivity contribution in [1.29, 1.82) is 0 Å². The van der Waals surface area contributed by atoms with Gasteiger partial charge < -0.3 is 10.3 Å². The number of halogens is 1. The van der Waals surface area contributed by atoms with Gasteiger partial charge in [0.2, 0.25) is 5.91 Å². The smallest absolute Gasteiger partial charge is 0.222 e. The van der Waals surface area contributed by atoms with Crippen LogP contribution in [0.1, 0.15) is 6.92 Å². The van der Waals surface area contributed by atoms with Gasteiger partial charge in [0.1, 0.15) is 15.9 Å². The van der Waals surface area contributed by atoms with Crippen LogP contribution in [0.3, 0.4) is 0 Å². The lowest BCUT2D eigenvalue weighted by Gasteiger charge is -2.01. The molecule has 2 N–H and O–H groups in total. The van der Waals surface area contributed by atoms with E-state index in [1.54, 1.807) is 12.4 Å². The molecule has 0 fully saturated rings. The molecule has 6 heteroatoms. The van der Waals surface area contributed by atoms with Crippen LogP contribution >= 0.6 is 15.9 Å². The van der Waals surface area contributed by atoms with E-state index in [9.17, 15) is 4.79 Å². The van der Waals surface area contributed by atoms with Crippen molar-refractivity contribution < 1.29 is 4.79 Å². The number of hydrogen-bond donors (Lipinski definition) is 2. The molecule has 2 heterocycles. The molecule has 0 unspecified atom stereocenters. The van der Waals surface area contributed by atoms with Crippen molar-refractivity contribution in [2.24, 2.45) is 0 Å². The predicted molar refractivity (Wildman–Crippen MR) is 55.9 cm³/mol. The summed E-state index contributed by atoms with van der Waals surface area (Å²) in [5.41, 5.74) is 1.58. The van der Waals surface area contributed by atoms with E-state index in [4.69, 9.17) is 0 Å². The summed E-state index contributed by atoms with van der Waals surface area (Å²) in [7, 11) is 0. The Morgan fingerprint density at radius 2 is 2.43 bits per heavy atom. The monoisotopic (exact) mass is 254 g/mol. The number of pyridine rings is 1.